The summed E-state index contributed by atoms with van der Waals surface area (Å²) in [5.41, 5.74) is 7.90. The van der Waals surface area contributed by atoms with E-state index in [1.165, 1.54) is 0 Å². The highest BCUT2D eigenvalue weighted by atomic mass is 16.5. The van der Waals surface area contributed by atoms with E-state index in [1.807, 2.05) is 18.2 Å². The van der Waals surface area contributed by atoms with Crippen molar-refractivity contribution in [1.29, 1.82) is 0 Å². The molecule has 1 heterocycles. The second-order valence-corrected chi connectivity index (χ2v) is 5.82. The van der Waals surface area contributed by atoms with Crippen LogP contribution in [0.15, 0.2) is 24.3 Å². The van der Waals surface area contributed by atoms with Crippen LogP contribution < -0.4 is 5.73 Å². The van der Waals surface area contributed by atoms with E-state index in [9.17, 15) is 0 Å². The number of methoxy groups -OCH3 is 1. The lowest BCUT2D eigenvalue weighted by Gasteiger charge is -2.25. The molecule has 0 saturated carbocycles. The van der Waals surface area contributed by atoms with Crippen molar-refractivity contribution in [2.24, 2.45) is 5.73 Å². The number of benzene rings is 1. The second kappa shape index (κ2) is 5.31. The lowest BCUT2D eigenvalue weighted by atomic mass is 10.1. The molecule has 0 radical (unpaired) electrons. The molecule has 0 aliphatic carbocycles. The van der Waals surface area contributed by atoms with Crippen molar-refractivity contribution in [3.05, 3.63) is 30.1 Å². The first kappa shape index (κ1) is 14.0. The molecule has 104 valence electrons. The number of hydrogen-bond donors (Lipinski definition) is 1. The highest BCUT2D eigenvalue weighted by molar-refractivity contribution is 5.76. The maximum absolute atomic E-state index is 5.72. The maximum atomic E-state index is 5.72. The minimum atomic E-state index is -0.0155. The standard InChI is InChI=1S/C15H23N3O/c1-15(2,3)18-13-8-6-5-7-12(13)17-14(18)9-11(10-16)19-4/h5-8,11H,9-10,16H2,1-4H3. The van der Waals surface area contributed by atoms with Crippen molar-refractivity contribution in [3.8, 4) is 0 Å². The first-order valence-electron chi connectivity index (χ1n) is 6.67. The Balaban J connectivity index is 2.53. The molecule has 0 fully saturated rings. The molecule has 0 spiro atoms. The third-order valence-corrected chi connectivity index (χ3v) is 3.31. The first-order chi connectivity index (χ1) is 8.97. The van der Waals surface area contributed by atoms with Gasteiger partial charge in [-0.2, -0.15) is 0 Å². The first-order valence-corrected chi connectivity index (χ1v) is 6.67. The van der Waals surface area contributed by atoms with Gasteiger partial charge in [0, 0.05) is 25.6 Å². The second-order valence-electron chi connectivity index (χ2n) is 5.82. The quantitative estimate of drug-likeness (QED) is 0.919. The predicted octanol–water partition coefficient (Wildman–Crippen LogP) is 2.31. The van der Waals surface area contributed by atoms with Crippen molar-refractivity contribution >= 4 is 11.0 Å². The number of hydrogen-bond acceptors (Lipinski definition) is 3. The van der Waals surface area contributed by atoms with Gasteiger partial charge in [-0.15, -0.1) is 0 Å². The van der Waals surface area contributed by atoms with Gasteiger partial charge in [-0.1, -0.05) is 12.1 Å². The number of ether oxygens (including phenoxy) is 1. The number of imidazole rings is 1. The van der Waals surface area contributed by atoms with Crippen LogP contribution in [0.1, 0.15) is 26.6 Å². The maximum Gasteiger partial charge on any atom is 0.113 e. The fourth-order valence-corrected chi connectivity index (χ4v) is 2.43. The zero-order valence-corrected chi connectivity index (χ0v) is 12.2. The highest BCUT2D eigenvalue weighted by Gasteiger charge is 2.22. The van der Waals surface area contributed by atoms with Crippen LogP contribution in [0.25, 0.3) is 11.0 Å². The lowest BCUT2D eigenvalue weighted by Crippen LogP contribution is -2.30. The summed E-state index contributed by atoms with van der Waals surface area (Å²) < 4.78 is 7.67. The number of fused-ring (bicyclic) bond motifs is 1. The van der Waals surface area contributed by atoms with E-state index in [1.54, 1.807) is 7.11 Å². The fourth-order valence-electron chi connectivity index (χ4n) is 2.43. The fraction of sp³-hybridized carbons (Fsp3) is 0.533. The Labute approximate surface area is 114 Å². The molecule has 1 unspecified atom stereocenters. The average molecular weight is 261 g/mol. The molecular formula is C15H23N3O. The number of nitrogens with zero attached hydrogens (tertiary/aromatic N) is 2. The third kappa shape index (κ3) is 2.80. The Morgan fingerprint density at radius 1 is 1.32 bits per heavy atom. The van der Waals surface area contributed by atoms with Crippen molar-refractivity contribution < 1.29 is 4.74 Å². The van der Waals surface area contributed by atoms with Gasteiger partial charge >= 0.3 is 0 Å². The molecule has 19 heavy (non-hydrogen) atoms. The Morgan fingerprint density at radius 3 is 2.58 bits per heavy atom. The monoisotopic (exact) mass is 261 g/mol. The summed E-state index contributed by atoms with van der Waals surface area (Å²) in [4.78, 5) is 4.74. The van der Waals surface area contributed by atoms with E-state index >= 15 is 0 Å². The van der Waals surface area contributed by atoms with Gasteiger partial charge in [0.15, 0.2) is 0 Å². The summed E-state index contributed by atoms with van der Waals surface area (Å²) in [7, 11) is 1.70. The van der Waals surface area contributed by atoms with Crippen molar-refractivity contribution in [1.82, 2.24) is 9.55 Å². The summed E-state index contributed by atoms with van der Waals surface area (Å²) in [6.07, 6.45) is 0.747. The Morgan fingerprint density at radius 2 is 2.00 bits per heavy atom. The molecule has 4 nitrogen and oxygen atoms in total. The molecule has 1 aromatic carbocycles. The molecule has 0 amide bonds. The molecule has 1 atom stereocenters. The zero-order valence-electron chi connectivity index (χ0n) is 12.2. The summed E-state index contributed by atoms with van der Waals surface area (Å²) in [5, 5.41) is 0. The van der Waals surface area contributed by atoms with E-state index in [-0.39, 0.29) is 11.6 Å². The summed E-state index contributed by atoms with van der Waals surface area (Å²) in [5.74, 6) is 1.03. The Bertz CT molecular complexity index is 550. The molecule has 2 N–H and O–H groups in total. The number of para-hydroxylation sites is 2. The van der Waals surface area contributed by atoms with E-state index in [2.05, 4.69) is 31.4 Å². The minimum Gasteiger partial charge on any atom is -0.380 e. The van der Waals surface area contributed by atoms with E-state index < -0.39 is 0 Å². The molecule has 4 heteroatoms. The molecule has 2 rings (SSSR count). The Kier molecular flexibility index (Phi) is 3.92. The topological polar surface area (TPSA) is 53.1 Å². The summed E-state index contributed by atoms with van der Waals surface area (Å²) in [6.45, 7) is 7.07. The normalized spacial score (nSPS) is 13.9. The van der Waals surface area contributed by atoms with Gasteiger partial charge in [-0.25, -0.2) is 4.98 Å². The van der Waals surface area contributed by atoms with Crippen LogP contribution in [-0.2, 0) is 16.7 Å². The number of aromatic nitrogens is 2. The van der Waals surface area contributed by atoms with Crippen molar-refractivity contribution in [2.75, 3.05) is 13.7 Å². The van der Waals surface area contributed by atoms with Crippen LogP contribution in [0.3, 0.4) is 0 Å². The van der Waals surface area contributed by atoms with E-state index in [0.29, 0.717) is 6.54 Å². The molecular weight excluding hydrogens is 238 g/mol. The largest absolute Gasteiger partial charge is 0.380 e. The molecule has 1 aromatic heterocycles. The van der Waals surface area contributed by atoms with Gasteiger partial charge < -0.3 is 15.0 Å². The van der Waals surface area contributed by atoms with Gasteiger partial charge in [-0.05, 0) is 32.9 Å². The van der Waals surface area contributed by atoms with Crippen LogP contribution in [0.5, 0.6) is 0 Å². The smallest absolute Gasteiger partial charge is 0.113 e. The van der Waals surface area contributed by atoms with Gasteiger partial charge in [0.05, 0.1) is 17.1 Å². The number of rotatable bonds is 4. The average Bonchev–Trinajstić information content (AvgIpc) is 2.73. The van der Waals surface area contributed by atoms with Crippen LogP contribution in [0.2, 0.25) is 0 Å². The SMILES string of the molecule is COC(CN)Cc1nc2ccccc2n1C(C)(C)C. The van der Waals surface area contributed by atoms with Crippen LogP contribution in [0, 0.1) is 0 Å². The molecule has 2 aromatic rings. The van der Waals surface area contributed by atoms with E-state index in [0.717, 1.165) is 23.3 Å². The molecule has 0 saturated heterocycles. The zero-order chi connectivity index (χ0) is 14.0. The van der Waals surface area contributed by atoms with Crippen LogP contribution in [-0.4, -0.2) is 29.3 Å². The van der Waals surface area contributed by atoms with Crippen LogP contribution >= 0.6 is 0 Å². The van der Waals surface area contributed by atoms with Gasteiger partial charge in [0.25, 0.3) is 0 Å². The van der Waals surface area contributed by atoms with E-state index in [4.69, 9.17) is 15.5 Å². The summed E-state index contributed by atoms with van der Waals surface area (Å²) >= 11 is 0. The summed E-state index contributed by atoms with van der Waals surface area (Å²) in [6, 6.07) is 8.22. The third-order valence-electron chi connectivity index (χ3n) is 3.31. The Hall–Kier alpha value is -1.39. The highest BCUT2D eigenvalue weighted by Crippen LogP contribution is 2.25. The van der Waals surface area contributed by atoms with Gasteiger partial charge in [0.2, 0.25) is 0 Å². The van der Waals surface area contributed by atoms with Gasteiger partial charge in [0.1, 0.15) is 5.82 Å². The molecule has 0 bridgehead atoms. The predicted molar refractivity (Wildman–Crippen MR) is 78.3 cm³/mol. The minimum absolute atomic E-state index is 0.0120. The number of nitrogens with two attached hydrogens (primary N) is 1. The van der Waals surface area contributed by atoms with Gasteiger partial charge in [-0.3, -0.25) is 0 Å². The van der Waals surface area contributed by atoms with Crippen molar-refractivity contribution in [2.45, 2.75) is 38.8 Å². The lowest BCUT2D eigenvalue weighted by molar-refractivity contribution is 0.106. The molecule has 0 aliphatic heterocycles. The molecule has 0 aliphatic rings. The van der Waals surface area contributed by atoms with Crippen LogP contribution in [0.4, 0.5) is 0 Å². The van der Waals surface area contributed by atoms with Crippen molar-refractivity contribution in [3.63, 3.8) is 0 Å².